The maximum atomic E-state index is 14.0. The highest BCUT2D eigenvalue weighted by molar-refractivity contribution is 6.10. The van der Waals surface area contributed by atoms with Gasteiger partial charge in [0.05, 0.1) is 21.3 Å². The lowest BCUT2D eigenvalue weighted by molar-refractivity contribution is -0.116. The van der Waals surface area contributed by atoms with Gasteiger partial charge in [0.1, 0.15) is 5.75 Å². The molecule has 1 aliphatic heterocycles. The molecule has 3 aromatic carbocycles. The molecule has 218 valence electrons. The Morgan fingerprint density at radius 3 is 2.14 bits per heavy atom. The number of carbonyl (C=O) groups excluding carboxylic acids is 2. The van der Waals surface area contributed by atoms with Crippen LogP contribution in [0.5, 0.6) is 17.2 Å². The third kappa shape index (κ3) is 5.57. The molecule has 8 nitrogen and oxygen atoms in total. The molecule has 2 N–H and O–H groups in total. The van der Waals surface area contributed by atoms with E-state index in [-0.39, 0.29) is 17.6 Å². The smallest absolute Gasteiger partial charge is 0.254 e. The van der Waals surface area contributed by atoms with Gasteiger partial charge >= 0.3 is 0 Å². The summed E-state index contributed by atoms with van der Waals surface area (Å²) in [7, 11) is 8.78. The lowest BCUT2D eigenvalue weighted by Gasteiger charge is -2.37. The van der Waals surface area contributed by atoms with E-state index in [0.717, 1.165) is 28.2 Å². The molecular weight excluding hydrogens is 530 g/mol. The average Bonchev–Trinajstić information content (AvgIpc) is 3.00. The number of nitrogens with zero attached hydrogens (tertiary/aromatic N) is 1. The fraction of sp³-hybridized carbons (Fsp3) is 0.294. The van der Waals surface area contributed by atoms with Gasteiger partial charge in [0.2, 0.25) is 0 Å². The molecule has 0 saturated heterocycles. The molecule has 8 heteroatoms. The van der Waals surface area contributed by atoms with Crippen molar-refractivity contribution in [2.45, 2.75) is 31.6 Å². The minimum Gasteiger partial charge on any atom is -0.497 e. The molecule has 2 aliphatic rings. The number of nitrogens with one attached hydrogen (secondary N) is 2. The summed E-state index contributed by atoms with van der Waals surface area (Å²) in [5.74, 6) is 1.20. The molecule has 0 saturated carbocycles. The second-order valence-corrected chi connectivity index (χ2v) is 10.8. The van der Waals surface area contributed by atoms with E-state index in [9.17, 15) is 9.59 Å². The maximum Gasteiger partial charge on any atom is 0.254 e. The van der Waals surface area contributed by atoms with Crippen molar-refractivity contribution in [2.24, 2.45) is 0 Å². The van der Waals surface area contributed by atoms with Crippen LogP contribution < -0.4 is 29.7 Å². The van der Waals surface area contributed by atoms with E-state index < -0.39 is 5.92 Å². The van der Waals surface area contributed by atoms with Crippen LogP contribution in [0.4, 0.5) is 11.4 Å². The first-order chi connectivity index (χ1) is 20.2. The van der Waals surface area contributed by atoms with Crippen LogP contribution in [0.25, 0.3) is 0 Å². The van der Waals surface area contributed by atoms with Crippen molar-refractivity contribution in [3.05, 3.63) is 100 Å². The molecule has 0 aromatic heterocycles. The number of benzene rings is 3. The van der Waals surface area contributed by atoms with E-state index in [2.05, 4.69) is 10.6 Å². The standard InChI is InChI=1S/C34H37N3O5/c1-20-31(34(39)36-24-10-14-26(40-4)15-11-24)32(21-7-12-25(13-8-21)37(2)3)33-27(35-20)17-23(18-28(33)38)22-9-16-29(41-5)30(19-22)42-6/h7-16,19,23,32,35H,17-18H2,1-6H3,(H,36,39)/t23-,32-/m1/s1. The van der Waals surface area contributed by atoms with Crippen molar-refractivity contribution in [3.8, 4) is 17.2 Å². The number of Topliss-reactive ketones (excluding diaryl/α,β-unsaturated/α-hetero) is 1. The normalized spacial score (nSPS) is 18.2. The van der Waals surface area contributed by atoms with Crippen molar-refractivity contribution in [3.63, 3.8) is 0 Å². The van der Waals surface area contributed by atoms with Gasteiger partial charge in [-0.15, -0.1) is 0 Å². The Bertz CT molecular complexity index is 1550. The van der Waals surface area contributed by atoms with E-state index in [4.69, 9.17) is 14.2 Å². The highest BCUT2D eigenvalue weighted by Gasteiger charge is 2.41. The zero-order valence-corrected chi connectivity index (χ0v) is 24.9. The van der Waals surface area contributed by atoms with Gasteiger partial charge in [-0.2, -0.15) is 0 Å². The number of ketones is 1. The summed E-state index contributed by atoms with van der Waals surface area (Å²) in [6.45, 7) is 1.90. The molecule has 5 rings (SSSR count). The Hall–Kier alpha value is -4.72. The van der Waals surface area contributed by atoms with Crippen molar-refractivity contribution < 1.29 is 23.8 Å². The molecule has 0 unspecified atom stereocenters. The number of rotatable bonds is 8. The zero-order valence-electron chi connectivity index (χ0n) is 24.9. The topological polar surface area (TPSA) is 89.1 Å². The van der Waals surface area contributed by atoms with Crippen LogP contribution in [0.3, 0.4) is 0 Å². The van der Waals surface area contributed by atoms with Crippen LogP contribution in [-0.4, -0.2) is 47.1 Å². The Balaban J connectivity index is 1.53. The van der Waals surface area contributed by atoms with Gasteiger partial charge in [0.15, 0.2) is 17.3 Å². The summed E-state index contributed by atoms with van der Waals surface area (Å²) >= 11 is 0. The van der Waals surface area contributed by atoms with Crippen LogP contribution in [0.15, 0.2) is 89.3 Å². The van der Waals surface area contributed by atoms with Crippen molar-refractivity contribution in [1.29, 1.82) is 0 Å². The van der Waals surface area contributed by atoms with Crippen LogP contribution in [-0.2, 0) is 9.59 Å². The first-order valence-electron chi connectivity index (χ1n) is 13.9. The zero-order chi connectivity index (χ0) is 30.0. The maximum absolute atomic E-state index is 14.0. The number of dihydropyridines is 1. The lowest BCUT2D eigenvalue weighted by atomic mass is 9.71. The van der Waals surface area contributed by atoms with Gasteiger partial charge in [0, 0.05) is 60.3 Å². The second-order valence-electron chi connectivity index (χ2n) is 10.8. The van der Waals surface area contributed by atoms with Crippen molar-refractivity contribution in [1.82, 2.24) is 5.32 Å². The molecular formula is C34H37N3O5. The van der Waals surface area contributed by atoms with Crippen LogP contribution in [0.2, 0.25) is 0 Å². The summed E-state index contributed by atoms with van der Waals surface area (Å²) in [6.07, 6.45) is 0.961. The molecule has 1 heterocycles. The van der Waals surface area contributed by atoms with E-state index in [0.29, 0.717) is 46.9 Å². The fourth-order valence-electron chi connectivity index (χ4n) is 5.85. The van der Waals surface area contributed by atoms with E-state index in [1.165, 1.54) is 0 Å². The molecule has 1 amide bonds. The van der Waals surface area contributed by atoms with Crippen LogP contribution in [0.1, 0.15) is 42.7 Å². The Kier molecular flexibility index (Phi) is 8.24. The summed E-state index contributed by atoms with van der Waals surface area (Å²) in [5.41, 5.74) is 6.34. The van der Waals surface area contributed by atoms with Gasteiger partial charge in [-0.05, 0) is 78.9 Å². The highest BCUT2D eigenvalue weighted by Crippen LogP contribution is 2.46. The highest BCUT2D eigenvalue weighted by atomic mass is 16.5. The van der Waals surface area contributed by atoms with Crippen molar-refractivity contribution in [2.75, 3.05) is 45.6 Å². The Morgan fingerprint density at radius 1 is 0.857 bits per heavy atom. The molecule has 0 fully saturated rings. The number of amides is 1. The third-order valence-corrected chi connectivity index (χ3v) is 8.04. The largest absolute Gasteiger partial charge is 0.497 e. The molecule has 0 spiro atoms. The number of hydrogen-bond acceptors (Lipinski definition) is 7. The Morgan fingerprint density at radius 2 is 1.52 bits per heavy atom. The predicted molar refractivity (Wildman–Crippen MR) is 165 cm³/mol. The SMILES string of the molecule is COc1ccc(NC(=O)C2=C(C)NC3=C(C(=O)C[C@H](c4ccc(OC)c(OC)c4)C3)[C@@H]2c2ccc(N(C)C)cc2)cc1. The van der Waals surface area contributed by atoms with Gasteiger partial charge < -0.3 is 29.7 Å². The summed E-state index contributed by atoms with van der Waals surface area (Å²) in [6, 6.07) is 21.1. The number of allylic oxidation sites excluding steroid dienone is 3. The van der Waals surface area contributed by atoms with Gasteiger partial charge in [-0.25, -0.2) is 0 Å². The molecule has 0 bridgehead atoms. The minimum atomic E-state index is -0.505. The van der Waals surface area contributed by atoms with Gasteiger partial charge in [-0.3, -0.25) is 9.59 Å². The number of hydrogen-bond donors (Lipinski definition) is 2. The van der Waals surface area contributed by atoms with Crippen molar-refractivity contribution >= 4 is 23.1 Å². The summed E-state index contributed by atoms with van der Waals surface area (Å²) in [5, 5.41) is 6.49. The Labute approximate surface area is 247 Å². The lowest BCUT2D eigenvalue weighted by Crippen LogP contribution is -2.37. The number of ether oxygens (including phenoxy) is 3. The third-order valence-electron chi connectivity index (χ3n) is 8.04. The molecule has 2 atom stereocenters. The molecule has 0 radical (unpaired) electrons. The summed E-state index contributed by atoms with van der Waals surface area (Å²) in [4.78, 5) is 29.9. The minimum absolute atomic E-state index is 0.0208. The van der Waals surface area contributed by atoms with Gasteiger partial charge in [-0.1, -0.05) is 18.2 Å². The number of carbonyl (C=O) groups is 2. The molecule has 42 heavy (non-hydrogen) atoms. The first-order valence-corrected chi connectivity index (χ1v) is 13.9. The monoisotopic (exact) mass is 567 g/mol. The number of anilines is 2. The number of methoxy groups -OCH3 is 3. The molecule has 3 aromatic rings. The van der Waals surface area contributed by atoms with E-state index in [1.54, 1.807) is 45.6 Å². The van der Waals surface area contributed by atoms with Crippen LogP contribution in [0, 0.1) is 0 Å². The van der Waals surface area contributed by atoms with E-state index in [1.807, 2.05) is 68.4 Å². The second kappa shape index (κ2) is 12.0. The molecule has 1 aliphatic carbocycles. The average molecular weight is 568 g/mol. The summed E-state index contributed by atoms with van der Waals surface area (Å²) < 4.78 is 16.2. The van der Waals surface area contributed by atoms with Crippen LogP contribution >= 0.6 is 0 Å². The predicted octanol–water partition coefficient (Wildman–Crippen LogP) is 5.78. The van der Waals surface area contributed by atoms with E-state index >= 15 is 0 Å². The fourth-order valence-corrected chi connectivity index (χ4v) is 5.85. The first kappa shape index (κ1) is 28.8. The quantitative estimate of drug-likeness (QED) is 0.357. The van der Waals surface area contributed by atoms with Gasteiger partial charge in [0.25, 0.3) is 5.91 Å².